The van der Waals surface area contributed by atoms with E-state index in [0.717, 1.165) is 6.33 Å². The normalized spacial score (nSPS) is 12.2. The van der Waals surface area contributed by atoms with Crippen LogP contribution < -0.4 is 5.32 Å². The molecule has 0 spiro atoms. The Balaban J connectivity index is 2.97. The molecule has 1 unspecified atom stereocenters. The maximum Gasteiger partial charge on any atom is 0.348 e. The summed E-state index contributed by atoms with van der Waals surface area (Å²) in [7, 11) is 1.45. The van der Waals surface area contributed by atoms with Crippen LogP contribution in [0.1, 0.15) is 0 Å². The first-order valence-corrected chi connectivity index (χ1v) is 4.99. The monoisotopic (exact) mass is 262 g/mol. The maximum absolute atomic E-state index is 10.8. The number of anilines is 1. The number of nitrogens with zero attached hydrogens (tertiary/aromatic N) is 3. The highest BCUT2D eigenvalue weighted by Crippen LogP contribution is 2.28. The summed E-state index contributed by atoms with van der Waals surface area (Å²) in [4.78, 5) is 17.3. The molecule has 0 aliphatic heterocycles. The molecule has 2 N–H and O–H groups in total. The van der Waals surface area contributed by atoms with Gasteiger partial charge in [-0.15, -0.1) is 0 Å². The van der Waals surface area contributed by atoms with Crippen molar-refractivity contribution in [3.63, 3.8) is 0 Å². The molecule has 94 valence electrons. The Kier molecular flexibility index (Phi) is 5.01. The average Bonchev–Trinajstić information content (AvgIpc) is 2.28. The van der Waals surface area contributed by atoms with Crippen LogP contribution in [-0.2, 0) is 4.74 Å². The Morgan fingerprint density at radius 3 is 2.94 bits per heavy atom. The lowest BCUT2D eigenvalue weighted by molar-refractivity contribution is -0.384. The van der Waals surface area contributed by atoms with E-state index in [1.54, 1.807) is 0 Å². The highest BCUT2D eigenvalue weighted by atomic mass is 35.5. The van der Waals surface area contributed by atoms with Crippen molar-refractivity contribution in [1.82, 2.24) is 9.97 Å². The third kappa shape index (κ3) is 3.48. The summed E-state index contributed by atoms with van der Waals surface area (Å²) in [6, 6.07) is -0.510. The second-order valence-corrected chi connectivity index (χ2v) is 3.46. The molecule has 0 saturated heterocycles. The summed E-state index contributed by atoms with van der Waals surface area (Å²) in [5.74, 6) is -0.0499. The summed E-state index contributed by atoms with van der Waals surface area (Å²) in [6.07, 6.45) is 1.10. The second kappa shape index (κ2) is 6.28. The number of hydrogen-bond acceptors (Lipinski definition) is 7. The standard InChI is InChI=1S/C8H11ClN4O4/c1-17-3-5(2-14)12-8-6(13(15)16)7(9)10-4-11-8/h4-5,14H,2-3H2,1H3,(H,10,11,12). The van der Waals surface area contributed by atoms with Crippen molar-refractivity contribution >= 4 is 23.1 Å². The fourth-order valence-electron chi connectivity index (χ4n) is 1.16. The van der Waals surface area contributed by atoms with Gasteiger partial charge < -0.3 is 15.2 Å². The van der Waals surface area contributed by atoms with Gasteiger partial charge in [0.25, 0.3) is 0 Å². The number of hydrogen-bond donors (Lipinski definition) is 2. The molecule has 1 rings (SSSR count). The van der Waals surface area contributed by atoms with E-state index in [0.29, 0.717) is 0 Å². The number of aliphatic hydroxyl groups excluding tert-OH is 1. The zero-order chi connectivity index (χ0) is 12.8. The van der Waals surface area contributed by atoms with Gasteiger partial charge in [-0.3, -0.25) is 10.1 Å². The van der Waals surface area contributed by atoms with Crippen LogP contribution in [-0.4, -0.2) is 46.4 Å². The third-order valence-corrected chi connectivity index (χ3v) is 2.17. The molecule has 0 amide bonds. The Bertz CT molecular complexity index is 403. The van der Waals surface area contributed by atoms with Gasteiger partial charge in [-0.05, 0) is 0 Å². The second-order valence-electron chi connectivity index (χ2n) is 3.10. The van der Waals surface area contributed by atoms with Crippen molar-refractivity contribution in [3.8, 4) is 0 Å². The molecule has 0 saturated carbocycles. The number of aliphatic hydroxyl groups is 1. The van der Waals surface area contributed by atoms with Crippen molar-refractivity contribution in [3.05, 3.63) is 21.6 Å². The van der Waals surface area contributed by atoms with Crippen molar-refractivity contribution in [2.45, 2.75) is 6.04 Å². The van der Waals surface area contributed by atoms with Crippen LogP contribution >= 0.6 is 11.6 Å². The molecule has 9 heteroatoms. The first kappa shape index (κ1) is 13.6. The summed E-state index contributed by atoms with van der Waals surface area (Å²) < 4.78 is 4.83. The molecule has 0 bridgehead atoms. The Morgan fingerprint density at radius 2 is 2.41 bits per heavy atom. The highest BCUT2D eigenvalue weighted by Gasteiger charge is 2.23. The molecular weight excluding hydrogens is 252 g/mol. The number of aromatic nitrogens is 2. The SMILES string of the molecule is COCC(CO)Nc1ncnc(Cl)c1[N+](=O)[O-]. The van der Waals surface area contributed by atoms with Gasteiger partial charge in [0.15, 0.2) is 0 Å². The van der Waals surface area contributed by atoms with E-state index in [9.17, 15) is 10.1 Å². The predicted molar refractivity (Wildman–Crippen MR) is 60.1 cm³/mol. The van der Waals surface area contributed by atoms with Gasteiger partial charge in [0, 0.05) is 7.11 Å². The molecule has 0 aromatic carbocycles. The number of nitro groups is 1. The summed E-state index contributed by atoms with van der Waals surface area (Å²) in [5, 5.41) is 22.2. The zero-order valence-corrected chi connectivity index (χ0v) is 9.72. The van der Waals surface area contributed by atoms with Gasteiger partial charge in [0.1, 0.15) is 6.33 Å². The van der Waals surface area contributed by atoms with Crippen LogP contribution in [0.4, 0.5) is 11.5 Å². The van der Waals surface area contributed by atoms with Crippen molar-refractivity contribution in [2.75, 3.05) is 25.6 Å². The fraction of sp³-hybridized carbons (Fsp3) is 0.500. The first-order valence-electron chi connectivity index (χ1n) is 4.61. The molecule has 8 nitrogen and oxygen atoms in total. The molecule has 1 heterocycles. The van der Waals surface area contributed by atoms with E-state index in [1.807, 2.05) is 0 Å². The predicted octanol–water partition coefficient (Wildman–Crippen LogP) is 0.457. The van der Waals surface area contributed by atoms with Crippen LogP contribution in [0.15, 0.2) is 6.33 Å². The quantitative estimate of drug-likeness (QED) is 0.435. The van der Waals surface area contributed by atoms with E-state index in [1.165, 1.54) is 7.11 Å². The number of methoxy groups -OCH3 is 1. The molecule has 17 heavy (non-hydrogen) atoms. The van der Waals surface area contributed by atoms with Crippen molar-refractivity contribution in [2.24, 2.45) is 0 Å². The lowest BCUT2D eigenvalue weighted by Crippen LogP contribution is -2.29. The van der Waals surface area contributed by atoms with E-state index in [-0.39, 0.29) is 24.2 Å². The average molecular weight is 263 g/mol. The van der Waals surface area contributed by atoms with Crippen LogP contribution in [0.25, 0.3) is 0 Å². The van der Waals surface area contributed by atoms with E-state index in [2.05, 4.69) is 15.3 Å². The Morgan fingerprint density at radius 1 is 1.71 bits per heavy atom. The fourth-order valence-corrected chi connectivity index (χ4v) is 1.36. The topological polar surface area (TPSA) is 110 Å². The first-order chi connectivity index (χ1) is 8.10. The number of halogens is 1. The molecule has 0 radical (unpaired) electrons. The molecule has 0 aliphatic rings. The minimum absolute atomic E-state index is 0.0499. The largest absolute Gasteiger partial charge is 0.394 e. The lowest BCUT2D eigenvalue weighted by Gasteiger charge is -2.15. The Labute approximate surface area is 102 Å². The maximum atomic E-state index is 10.8. The van der Waals surface area contributed by atoms with Gasteiger partial charge in [-0.25, -0.2) is 9.97 Å². The van der Waals surface area contributed by atoms with Crippen LogP contribution in [0.5, 0.6) is 0 Å². The zero-order valence-electron chi connectivity index (χ0n) is 8.96. The Hall–Kier alpha value is -1.51. The minimum Gasteiger partial charge on any atom is -0.394 e. The van der Waals surface area contributed by atoms with E-state index in [4.69, 9.17) is 21.4 Å². The molecular formula is C8H11ClN4O4. The molecule has 1 aromatic heterocycles. The highest BCUT2D eigenvalue weighted by molar-refractivity contribution is 6.31. The number of rotatable bonds is 6. The van der Waals surface area contributed by atoms with Gasteiger partial charge >= 0.3 is 5.69 Å². The molecule has 0 aliphatic carbocycles. The van der Waals surface area contributed by atoms with E-state index >= 15 is 0 Å². The van der Waals surface area contributed by atoms with Gasteiger partial charge in [-0.1, -0.05) is 11.6 Å². The van der Waals surface area contributed by atoms with Crippen molar-refractivity contribution in [1.29, 1.82) is 0 Å². The lowest BCUT2D eigenvalue weighted by atomic mass is 10.3. The van der Waals surface area contributed by atoms with E-state index < -0.39 is 16.7 Å². The molecule has 0 fully saturated rings. The molecule has 1 aromatic rings. The van der Waals surface area contributed by atoms with Crippen LogP contribution in [0.3, 0.4) is 0 Å². The summed E-state index contributed by atoms with van der Waals surface area (Å²) >= 11 is 5.60. The molecule has 1 atom stereocenters. The number of ether oxygens (including phenoxy) is 1. The van der Waals surface area contributed by atoms with Crippen molar-refractivity contribution < 1.29 is 14.8 Å². The summed E-state index contributed by atoms with van der Waals surface area (Å²) in [6.45, 7) is -0.0815. The van der Waals surface area contributed by atoms with Gasteiger partial charge in [0.2, 0.25) is 11.0 Å². The summed E-state index contributed by atoms with van der Waals surface area (Å²) in [5.41, 5.74) is -0.427. The van der Waals surface area contributed by atoms with Gasteiger partial charge in [0.05, 0.1) is 24.2 Å². The van der Waals surface area contributed by atoms with Crippen LogP contribution in [0, 0.1) is 10.1 Å². The van der Waals surface area contributed by atoms with Crippen LogP contribution in [0.2, 0.25) is 5.15 Å². The minimum atomic E-state index is -0.689. The third-order valence-electron chi connectivity index (χ3n) is 1.89. The smallest absolute Gasteiger partial charge is 0.348 e. The van der Waals surface area contributed by atoms with Gasteiger partial charge in [-0.2, -0.15) is 0 Å². The number of nitrogens with one attached hydrogen (secondary N) is 1.